The van der Waals surface area contributed by atoms with Crippen molar-refractivity contribution in [2.45, 2.75) is 17.9 Å². The molecular weight excluding hydrogens is 208 g/mol. The molecule has 82 valence electrons. The first-order valence-electron chi connectivity index (χ1n) is 4.79. The van der Waals surface area contributed by atoms with Gasteiger partial charge in [-0.3, -0.25) is 4.79 Å². The molecule has 1 atom stereocenters. The summed E-state index contributed by atoms with van der Waals surface area (Å²) in [5, 5.41) is 3.05. The summed E-state index contributed by atoms with van der Waals surface area (Å²) in [6, 6.07) is 8.41. The Morgan fingerprint density at radius 2 is 2.07 bits per heavy atom. The quantitative estimate of drug-likeness (QED) is 0.746. The molecule has 0 saturated carbocycles. The molecule has 0 bridgehead atoms. The van der Waals surface area contributed by atoms with Crippen LogP contribution in [0.15, 0.2) is 29.2 Å². The number of hydrogen-bond acceptors (Lipinski definition) is 3. The van der Waals surface area contributed by atoms with Gasteiger partial charge in [0.2, 0.25) is 5.91 Å². The van der Waals surface area contributed by atoms with E-state index in [9.17, 15) is 4.79 Å². The third kappa shape index (κ3) is 3.93. The van der Waals surface area contributed by atoms with E-state index < -0.39 is 0 Å². The highest BCUT2D eigenvalue weighted by atomic mass is 32.2. The Morgan fingerprint density at radius 3 is 2.53 bits per heavy atom. The van der Waals surface area contributed by atoms with Crippen LogP contribution in [0.25, 0.3) is 0 Å². The summed E-state index contributed by atoms with van der Waals surface area (Å²) in [4.78, 5) is 11.8. The maximum absolute atomic E-state index is 10.6. The van der Waals surface area contributed by atoms with E-state index in [0.717, 1.165) is 5.56 Å². The van der Waals surface area contributed by atoms with Crippen molar-refractivity contribution in [1.29, 1.82) is 0 Å². The standard InChI is InChI=1S/C11H16N2OS/c1-8(13-7-11(12)14)9-3-5-10(15-2)6-4-9/h3-6,8,13H,7H2,1-2H3,(H2,12,14). The van der Waals surface area contributed by atoms with Gasteiger partial charge in [-0.15, -0.1) is 11.8 Å². The number of amides is 1. The van der Waals surface area contributed by atoms with E-state index in [0.29, 0.717) is 0 Å². The molecule has 4 heteroatoms. The zero-order valence-electron chi connectivity index (χ0n) is 8.99. The van der Waals surface area contributed by atoms with Crippen LogP contribution in [0.4, 0.5) is 0 Å². The Morgan fingerprint density at radius 1 is 1.47 bits per heavy atom. The van der Waals surface area contributed by atoms with Crippen LogP contribution in [0.2, 0.25) is 0 Å². The fourth-order valence-electron chi connectivity index (χ4n) is 1.26. The lowest BCUT2D eigenvalue weighted by Crippen LogP contribution is -2.30. The number of thioether (sulfide) groups is 1. The lowest BCUT2D eigenvalue weighted by Gasteiger charge is -2.13. The summed E-state index contributed by atoms with van der Waals surface area (Å²) < 4.78 is 0. The van der Waals surface area contributed by atoms with Gasteiger partial charge >= 0.3 is 0 Å². The number of benzene rings is 1. The fraction of sp³-hybridized carbons (Fsp3) is 0.364. The van der Waals surface area contributed by atoms with Gasteiger partial charge in [-0.1, -0.05) is 12.1 Å². The van der Waals surface area contributed by atoms with Crippen molar-refractivity contribution in [2.75, 3.05) is 12.8 Å². The van der Waals surface area contributed by atoms with Crippen LogP contribution in [0.3, 0.4) is 0 Å². The molecule has 0 aliphatic heterocycles. The molecule has 0 aromatic heterocycles. The van der Waals surface area contributed by atoms with Gasteiger partial charge in [-0.25, -0.2) is 0 Å². The molecular formula is C11H16N2OS. The third-order valence-electron chi connectivity index (χ3n) is 2.20. The predicted molar refractivity (Wildman–Crippen MR) is 63.8 cm³/mol. The lowest BCUT2D eigenvalue weighted by atomic mass is 10.1. The first kappa shape index (κ1) is 12.1. The Labute approximate surface area is 94.4 Å². The predicted octanol–water partition coefficient (Wildman–Crippen LogP) is 1.54. The van der Waals surface area contributed by atoms with Crippen molar-refractivity contribution in [1.82, 2.24) is 5.32 Å². The number of nitrogens with one attached hydrogen (secondary N) is 1. The van der Waals surface area contributed by atoms with E-state index in [1.54, 1.807) is 11.8 Å². The summed E-state index contributed by atoms with van der Waals surface area (Å²) >= 11 is 1.71. The lowest BCUT2D eigenvalue weighted by molar-refractivity contribution is -0.117. The zero-order chi connectivity index (χ0) is 11.3. The van der Waals surface area contributed by atoms with E-state index in [1.807, 2.05) is 13.2 Å². The molecule has 1 aromatic carbocycles. The van der Waals surface area contributed by atoms with Crippen molar-refractivity contribution in [3.8, 4) is 0 Å². The minimum Gasteiger partial charge on any atom is -0.369 e. The van der Waals surface area contributed by atoms with Crippen LogP contribution >= 0.6 is 11.8 Å². The largest absolute Gasteiger partial charge is 0.369 e. The van der Waals surface area contributed by atoms with Gasteiger partial charge in [0.15, 0.2) is 0 Å². The highest BCUT2D eigenvalue weighted by Gasteiger charge is 2.05. The number of primary amides is 1. The summed E-state index contributed by atoms with van der Waals surface area (Å²) in [7, 11) is 0. The maximum atomic E-state index is 10.6. The Bertz CT molecular complexity index is 324. The molecule has 1 aromatic rings. The van der Waals surface area contributed by atoms with Crippen molar-refractivity contribution < 1.29 is 4.79 Å². The van der Waals surface area contributed by atoms with Gasteiger partial charge in [-0.05, 0) is 30.9 Å². The van der Waals surface area contributed by atoms with Crippen molar-refractivity contribution in [2.24, 2.45) is 5.73 Å². The number of rotatable bonds is 5. The highest BCUT2D eigenvalue weighted by molar-refractivity contribution is 7.98. The first-order valence-corrected chi connectivity index (χ1v) is 6.01. The second-order valence-corrected chi connectivity index (χ2v) is 4.22. The maximum Gasteiger partial charge on any atom is 0.231 e. The van der Waals surface area contributed by atoms with Gasteiger partial charge < -0.3 is 11.1 Å². The van der Waals surface area contributed by atoms with E-state index in [2.05, 4.69) is 29.6 Å². The Kier molecular flexibility index (Phi) is 4.65. The van der Waals surface area contributed by atoms with Crippen LogP contribution < -0.4 is 11.1 Å². The van der Waals surface area contributed by atoms with Crippen molar-refractivity contribution in [3.05, 3.63) is 29.8 Å². The number of carbonyl (C=O) groups is 1. The summed E-state index contributed by atoms with van der Waals surface area (Å²) in [6.07, 6.45) is 2.05. The summed E-state index contributed by atoms with van der Waals surface area (Å²) in [5.41, 5.74) is 6.22. The average molecular weight is 224 g/mol. The molecule has 0 spiro atoms. The normalized spacial score (nSPS) is 12.4. The van der Waals surface area contributed by atoms with E-state index in [4.69, 9.17) is 5.73 Å². The van der Waals surface area contributed by atoms with Crippen LogP contribution in [-0.4, -0.2) is 18.7 Å². The van der Waals surface area contributed by atoms with E-state index in [-0.39, 0.29) is 18.5 Å². The van der Waals surface area contributed by atoms with Crippen LogP contribution in [0, 0.1) is 0 Å². The van der Waals surface area contributed by atoms with E-state index >= 15 is 0 Å². The monoisotopic (exact) mass is 224 g/mol. The second kappa shape index (κ2) is 5.78. The average Bonchev–Trinajstić information content (AvgIpc) is 2.26. The topological polar surface area (TPSA) is 55.1 Å². The molecule has 0 heterocycles. The number of carbonyl (C=O) groups excluding carboxylic acids is 1. The highest BCUT2D eigenvalue weighted by Crippen LogP contribution is 2.18. The molecule has 0 fully saturated rings. The minimum absolute atomic E-state index is 0.147. The van der Waals surface area contributed by atoms with Crippen molar-refractivity contribution >= 4 is 17.7 Å². The Balaban J connectivity index is 2.57. The minimum atomic E-state index is -0.331. The molecule has 3 nitrogen and oxygen atoms in total. The van der Waals surface area contributed by atoms with Crippen molar-refractivity contribution in [3.63, 3.8) is 0 Å². The molecule has 1 amide bonds. The number of nitrogens with two attached hydrogens (primary N) is 1. The first-order chi connectivity index (χ1) is 7.13. The summed E-state index contributed by atoms with van der Waals surface area (Å²) in [5.74, 6) is -0.331. The number of hydrogen-bond donors (Lipinski definition) is 2. The van der Waals surface area contributed by atoms with Gasteiger partial charge in [0.25, 0.3) is 0 Å². The van der Waals surface area contributed by atoms with Crippen LogP contribution in [0.1, 0.15) is 18.5 Å². The van der Waals surface area contributed by atoms with Gasteiger partial charge in [0, 0.05) is 10.9 Å². The molecule has 0 saturated heterocycles. The zero-order valence-corrected chi connectivity index (χ0v) is 9.80. The molecule has 15 heavy (non-hydrogen) atoms. The SMILES string of the molecule is CSc1ccc(C(C)NCC(N)=O)cc1. The van der Waals surface area contributed by atoms with Gasteiger partial charge in [0.1, 0.15) is 0 Å². The molecule has 1 unspecified atom stereocenters. The van der Waals surface area contributed by atoms with Gasteiger partial charge in [0.05, 0.1) is 6.54 Å². The molecule has 0 radical (unpaired) electrons. The summed E-state index contributed by atoms with van der Waals surface area (Å²) in [6.45, 7) is 2.22. The third-order valence-corrected chi connectivity index (χ3v) is 2.94. The molecule has 0 aliphatic carbocycles. The Hall–Kier alpha value is -1.00. The molecule has 1 rings (SSSR count). The fourth-order valence-corrected chi connectivity index (χ4v) is 1.67. The van der Waals surface area contributed by atoms with E-state index in [1.165, 1.54) is 4.90 Å². The van der Waals surface area contributed by atoms with Crippen LogP contribution in [-0.2, 0) is 4.79 Å². The van der Waals surface area contributed by atoms with Crippen LogP contribution in [0.5, 0.6) is 0 Å². The van der Waals surface area contributed by atoms with Gasteiger partial charge in [-0.2, -0.15) is 0 Å². The smallest absolute Gasteiger partial charge is 0.231 e. The molecule has 0 aliphatic rings. The molecule has 3 N–H and O–H groups in total. The second-order valence-electron chi connectivity index (χ2n) is 3.34.